The zero-order valence-electron chi connectivity index (χ0n) is 13.8. The molecule has 1 aromatic rings. The Bertz CT molecular complexity index is 471. The molecule has 1 fully saturated rings. The van der Waals surface area contributed by atoms with Crippen LogP contribution in [0, 0.1) is 0 Å². The predicted octanol–water partition coefficient (Wildman–Crippen LogP) is 2.54. The molecule has 5 heteroatoms. The maximum atomic E-state index is 5.59. The fraction of sp³-hybridized carbons (Fsp3) is 0.750. The number of aromatic nitrogens is 2. The number of methoxy groups -OCH3 is 1. The Morgan fingerprint density at radius 3 is 2.76 bits per heavy atom. The number of anilines is 1. The molecule has 118 valence electrons. The summed E-state index contributed by atoms with van der Waals surface area (Å²) < 4.78 is 10.8. The molecule has 1 unspecified atom stereocenters. The monoisotopic (exact) mass is 293 g/mol. The molecular weight excluding hydrogens is 266 g/mol. The van der Waals surface area contributed by atoms with Crippen molar-refractivity contribution in [3.05, 3.63) is 17.6 Å². The van der Waals surface area contributed by atoms with Crippen LogP contribution in [-0.4, -0.2) is 42.9 Å². The minimum atomic E-state index is -0.0769. The van der Waals surface area contributed by atoms with Gasteiger partial charge in [0.15, 0.2) is 0 Å². The van der Waals surface area contributed by atoms with Gasteiger partial charge in [-0.05, 0) is 6.42 Å². The van der Waals surface area contributed by atoms with Gasteiger partial charge >= 0.3 is 0 Å². The lowest BCUT2D eigenvalue weighted by molar-refractivity contribution is 0.0924. The number of nitrogens with zero attached hydrogens (tertiary/aromatic N) is 3. The average Bonchev–Trinajstić information content (AvgIpc) is 2.46. The Labute approximate surface area is 127 Å². The van der Waals surface area contributed by atoms with Gasteiger partial charge in [0.25, 0.3) is 0 Å². The van der Waals surface area contributed by atoms with E-state index in [1.165, 1.54) is 0 Å². The lowest BCUT2D eigenvalue weighted by atomic mass is 9.95. The second-order valence-electron chi connectivity index (χ2n) is 6.55. The van der Waals surface area contributed by atoms with Crippen LogP contribution in [0.5, 0.6) is 0 Å². The first-order valence-electron chi connectivity index (χ1n) is 7.67. The van der Waals surface area contributed by atoms with Crippen molar-refractivity contribution in [3.63, 3.8) is 0 Å². The van der Waals surface area contributed by atoms with E-state index >= 15 is 0 Å². The van der Waals surface area contributed by atoms with Crippen molar-refractivity contribution in [1.82, 2.24) is 9.97 Å². The summed E-state index contributed by atoms with van der Waals surface area (Å²) >= 11 is 0. The minimum Gasteiger partial charge on any atom is -0.378 e. The largest absolute Gasteiger partial charge is 0.378 e. The number of rotatable bonds is 4. The van der Waals surface area contributed by atoms with E-state index in [2.05, 4.69) is 37.6 Å². The van der Waals surface area contributed by atoms with Crippen LogP contribution in [0.3, 0.4) is 0 Å². The number of hydrogen-bond acceptors (Lipinski definition) is 5. The second kappa shape index (κ2) is 6.71. The standard InChI is InChI=1S/C16H27N3O2/c1-6-13-11-21-8-7-19(13)14-9-12(10-20-5)17-15(18-14)16(2,3)4/h9,13H,6-8,10-11H2,1-5H3. The maximum Gasteiger partial charge on any atom is 0.136 e. The van der Waals surface area contributed by atoms with E-state index in [0.717, 1.165) is 43.5 Å². The molecule has 5 nitrogen and oxygen atoms in total. The highest BCUT2D eigenvalue weighted by atomic mass is 16.5. The first-order chi connectivity index (χ1) is 9.95. The molecule has 0 aliphatic carbocycles. The molecule has 2 heterocycles. The predicted molar refractivity (Wildman–Crippen MR) is 83.7 cm³/mol. The SMILES string of the molecule is CCC1COCCN1c1cc(COC)nc(C(C)(C)C)n1. The lowest BCUT2D eigenvalue weighted by Crippen LogP contribution is -2.46. The van der Waals surface area contributed by atoms with E-state index in [1.54, 1.807) is 7.11 Å². The third kappa shape index (κ3) is 3.92. The van der Waals surface area contributed by atoms with Gasteiger partial charge in [-0.1, -0.05) is 27.7 Å². The van der Waals surface area contributed by atoms with Gasteiger partial charge in [-0.2, -0.15) is 0 Å². The van der Waals surface area contributed by atoms with E-state index in [4.69, 9.17) is 14.5 Å². The molecule has 0 saturated carbocycles. The van der Waals surface area contributed by atoms with E-state index < -0.39 is 0 Å². The molecule has 0 radical (unpaired) electrons. The Morgan fingerprint density at radius 1 is 1.38 bits per heavy atom. The summed E-state index contributed by atoms with van der Waals surface area (Å²) in [6.07, 6.45) is 1.05. The fourth-order valence-electron chi connectivity index (χ4n) is 2.48. The topological polar surface area (TPSA) is 47.5 Å². The summed E-state index contributed by atoms with van der Waals surface area (Å²) in [7, 11) is 1.70. The molecule has 0 aromatic carbocycles. The number of morpholine rings is 1. The maximum absolute atomic E-state index is 5.59. The van der Waals surface area contributed by atoms with Crippen LogP contribution in [0.25, 0.3) is 0 Å². The quantitative estimate of drug-likeness (QED) is 0.853. The van der Waals surface area contributed by atoms with Gasteiger partial charge in [-0.3, -0.25) is 0 Å². The normalized spacial score (nSPS) is 19.9. The Hall–Kier alpha value is -1.20. The van der Waals surface area contributed by atoms with Gasteiger partial charge in [0.2, 0.25) is 0 Å². The van der Waals surface area contributed by atoms with E-state index in [0.29, 0.717) is 12.6 Å². The van der Waals surface area contributed by atoms with Crippen molar-refractivity contribution in [1.29, 1.82) is 0 Å². The zero-order valence-corrected chi connectivity index (χ0v) is 13.8. The summed E-state index contributed by atoms with van der Waals surface area (Å²) in [6.45, 7) is 11.5. The summed E-state index contributed by atoms with van der Waals surface area (Å²) in [6, 6.07) is 2.43. The second-order valence-corrected chi connectivity index (χ2v) is 6.55. The summed E-state index contributed by atoms with van der Waals surface area (Å²) in [5.74, 6) is 1.87. The van der Waals surface area contributed by atoms with E-state index in [-0.39, 0.29) is 5.41 Å². The van der Waals surface area contributed by atoms with Crippen molar-refractivity contribution >= 4 is 5.82 Å². The third-order valence-electron chi connectivity index (χ3n) is 3.72. The van der Waals surface area contributed by atoms with Gasteiger partial charge in [0.1, 0.15) is 11.6 Å². The molecule has 1 aromatic heterocycles. The molecule has 0 bridgehead atoms. The molecule has 1 aliphatic heterocycles. The van der Waals surface area contributed by atoms with Crippen LogP contribution >= 0.6 is 0 Å². The smallest absolute Gasteiger partial charge is 0.136 e. The molecule has 0 N–H and O–H groups in total. The zero-order chi connectivity index (χ0) is 15.5. The first kappa shape index (κ1) is 16.2. The van der Waals surface area contributed by atoms with Crippen LogP contribution in [0.1, 0.15) is 45.6 Å². The van der Waals surface area contributed by atoms with E-state index in [1.807, 2.05) is 6.07 Å². The molecular formula is C16H27N3O2. The van der Waals surface area contributed by atoms with Crippen LogP contribution in [0.4, 0.5) is 5.82 Å². The molecule has 1 saturated heterocycles. The number of ether oxygens (including phenoxy) is 2. The molecule has 2 rings (SSSR count). The molecule has 1 aliphatic rings. The average molecular weight is 293 g/mol. The van der Waals surface area contributed by atoms with Crippen LogP contribution in [0.15, 0.2) is 6.07 Å². The third-order valence-corrected chi connectivity index (χ3v) is 3.72. The van der Waals surface area contributed by atoms with Crippen LogP contribution in [-0.2, 0) is 21.5 Å². The van der Waals surface area contributed by atoms with Gasteiger partial charge in [0.05, 0.1) is 31.6 Å². The summed E-state index contributed by atoms with van der Waals surface area (Å²) in [5, 5.41) is 0. The van der Waals surface area contributed by atoms with Gasteiger partial charge in [-0.15, -0.1) is 0 Å². The summed E-state index contributed by atoms with van der Waals surface area (Å²) in [4.78, 5) is 11.8. The van der Waals surface area contributed by atoms with Crippen molar-refractivity contribution < 1.29 is 9.47 Å². The highest BCUT2D eigenvalue weighted by Gasteiger charge is 2.26. The summed E-state index contributed by atoms with van der Waals surface area (Å²) in [5.41, 5.74) is 0.862. The van der Waals surface area contributed by atoms with Gasteiger partial charge < -0.3 is 14.4 Å². The fourth-order valence-corrected chi connectivity index (χ4v) is 2.48. The van der Waals surface area contributed by atoms with Crippen molar-refractivity contribution in [2.24, 2.45) is 0 Å². The molecule has 21 heavy (non-hydrogen) atoms. The van der Waals surface area contributed by atoms with Crippen LogP contribution in [0.2, 0.25) is 0 Å². The van der Waals surface area contributed by atoms with Gasteiger partial charge in [0, 0.05) is 25.1 Å². The molecule has 1 atom stereocenters. The minimum absolute atomic E-state index is 0.0769. The molecule has 0 spiro atoms. The van der Waals surface area contributed by atoms with Gasteiger partial charge in [-0.25, -0.2) is 9.97 Å². The first-order valence-corrected chi connectivity index (χ1v) is 7.67. The Morgan fingerprint density at radius 2 is 2.14 bits per heavy atom. The van der Waals surface area contributed by atoms with Crippen molar-refractivity contribution in [2.45, 2.75) is 52.2 Å². The van der Waals surface area contributed by atoms with Crippen LogP contribution < -0.4 is 4.90 Å². The van der Waals surface area contributed by atoms with E-state index in [9.17, 15) is 0 Å². The highest BCUT2D eigenvalue weighted by molar-refractivity contribution is 5.42. The Balaban J connectivity index is 2.38. The van der Waals surface area contributed by atoms with Crippen molar-refractivity contribution in [2.75, 3.05) is 31.8 Å². The highest BCUT2D eigenvalue weighted by Crippen LogP contribution is 2.25. The lowest BCUT2D eigenvalue weighted by Gasteiger charge is -2.36. The van der Waals surface area contributed by atoms with Crippen molar-refractivity contribution in [3.8, 4) is 0 Å². The Kier molecular flexibility index (Phi) is 5.17. The molecule has 0 amide bonds. The number of hydrogen-bond donors (Lipinski definition) is 0.